The molecule has 1 atom stereocenters. The van der Waals surface area contributed by atoms with Gasteiger partial charge in [0.05, 0.1) is 12.5 Å². The van der Waals surface area contributed by atoms with Crippen molar-refractivity contribution in [3.63, 3.8) is 0 Å². The zero-order chi connectivity index (χ0) is 9.19. The van der Waals surface area contributed by atoms with Gasteiger partial charge in [-0.15, -0.1) is 0 Å². The Morgan fingerprint density at radius 2 is 2.33 bits per heavy atom. The van der Waals surface area contributed by atoms with Gasteiger partial charge in [0.25, 0.3) is 0 Å². The first kappa shape index (κ1) is 9.52. The molecule has 3 heteroatoms. The topological polar surface area (TPSA) is 46.5 Å². The van der Waals surface area contributed by atoms with Crippen molar-refractivity contribution in [2.24, 2.45) is 5.41 Å². The van der Waals surface area contributed by atoms with Gasteiger partial charge in [0.2, 0.25) is 0 Å². The second-order valence-electron chi connectivity index (χ2n) is 4.06. The highest BCUT2D eigenvalue weighted by Crippen LogP contribution is 2.33. The zero-order valence-electron chi connectivity index (χ0n) is 7.67. The Hall–Kier alpha value is -0.570. The van der Waals surface area contributed by atoms with E-state index in [0.29, 0.717) is 0 Å². The highest BCUT2D eigenvalue weighted by Gasteiger charge is 2.34. The van der Waals surface area contributed by atoms with E-state index in [2.05, 4.69) is 0 Å². The third-order valence-electron chi connectivity index (χ3n) is 2.41. The smallest absolute Gasteiger partial charge is 0.303 e. The van der Waals surface area contributed by atoms with Crippen LogP contribution >= 0.6 is 0 Å². The molecule has 0 aromatic heterocycles. The Morgan fingerprint density at radius 1 is 1.67 bits per heavy atom. The van der Waals surface area contributed by atoms with Crippen molar-refractivity contribution in [2.75, 3.05) is 6.61 Å². The molecular weight excluding hydrogens is 156 g/mol. The van der Waals surface area contributed by atoms with Crippen molar-refractivity contribution in [1.82, 2.24) is 0 Å². The van der Waals surface area contributed by atoms with E-state index in [-0.39, 0.29) is 17.9 Å². The van der Waals surface area contributed by atoms with E-state index in [9.17, 15) is 4.79 Å². The van der Waals surface area contributed by atoms with Crippen LogP contribution in [0, 0.1) is 5.41 Å². The van der Waals surface area contributed by atoms with Gasteiger partial charge in [0, 0.05) is 12.0 Å². The van der Waals surface area contributed by atoms with Crippen molar-refractivity contribution in [1.29, 1.82) is 0 Å². The van der Waals surface area contributed by atoms with E-state index in [1.165, 1.54) is 0 Å². The van der Waals surface area contributed by atoms with Gasteiger partial charge in [-0.1, -0.05) is 13.8 Å². The number of hydrogen-bond donors (Lipinski definition) is 1. The fourth-order valence-corrected chi connectivity index (χ4v) is 1.70. The molecule has 1 aliphatic rings. The Kier molecular flexibility index (Phi) is 2.73. The number of ether oxygens (including phenoxy) is 1. The van der Waals surface area contributed by atoms with Gasteiger partial charge in [0.1, 0.15) is 0 Å². The maximum Gasteiger partial charge on any atom is 0.303 e. The molecule has 1 fully saturated rings. The summed E-state index contributed by atoms with van der Waals surface area (Å²) in [5, 5.41) is 8.65. The van der Waals surface area contributed by atoms with E-state index in [1.807, 2.05) is 13.8 Å². The molecule has 1 aliphatic heterocycles. The number of carbonyl (C=O) groups is 1. The lowest BCUT2D eigenvalue weighted by molar-refractivity contribution is -0.141. The van der Waals surface area contributed by atoms with Crippen molar-refractivity contribution in [3.05, 3.63) is 0 Å². The quantitative estimate of drug-likeness (QED) is 0.704. The van der Waals surface area contributed by atoms with Gasteiger partial charge in [-0.25, -0.2) is 0 Å². The highest BCUT2D eigenvalue weighted by atomic mass is 16.5. The van der Waals surface area contributed by atoms with E-state index in [0.717, 1.165) is 19.4 Å². The predicted octanol–water partition coefficient (Wildman–Crippen LogP) is 1.67. The van der Waals surface area contributed by atoms with Crippen LogP contribution in [0.25, 0.3) is 0 Å². The Bertz CT molecular complexity index is 169. The summed E-state index contributed by atoms with van der Waals surface area (Å²) >= 11 is 0. The molecule has 0 aliphatic carbocycles. The number of carboxylic acids is 1. The normalized spacial score (nSPS) is 24.3. The monoisotopic (exact) mass is 172 g/mol. The van der Waals surface area contributed by atoms with Gasteiger partial charge in [-0.2, -0.15) is 0 Å². The fourth-order valence-electron chi connectivity index (χ4n) is 1.70. The lowest BCUT2D eigenvalue weighted by Crippen LogP contribution is -2.31. The highest BCUT2D eigenvalue weighted by molar-refractivity contribution is 5.67. The molecule has 0 aromatic carbocycles. The minimum Gasteiger partial charge on any atom is -0.481 e. The van der Waals surface area contributed by atoms with Crippen LogP contribution in [0.1, 0.15) is 33.1 Å². The molecule has 70 valence electrons. The summed E-state index contributed by atoms with van der Waals surface area (Å²) in [4.78, 5) is 10.5. The molecule has 0 amide bonds. The molecule has 3 nitrogen and oxygen atoms in total. The fraction of sp³-hybridized carbons (Fsp3) is 0.889. The molecular formula is C9H16O3. The SMILES string of the molecule is CC(C)(CC(=O)O)C1CCCO1. The van der Waals surface area contributed by atoms with Gasteiger partial charge >= 0.3 is 5.97 Å². The predicted molar refractivity (Wildman–Crippen MR) is 45.0 cm³/mol. The second kappa shape index (κ2) is 3.44. The van der Waals surface area contributed by atoms with Gasteiger partial charge in [-0.3, -0.25) is 4.79 Å². The minimum atomic E-state index is -0.740. The number of hydrogen-bond acceptors (Lipinski definition) is 2. The first-order valence-corrected chi connectivity index (χ1v) is 4.36. The zero-order valence-corrected chi connectivity index (χ0v) is 7.67. The van der Waals surface area contributed by atoms with Crippen LogP contribution in [-0.4, -0.2) is 23.8 Å². The molecule has 1 saturated heterocycles. The number of rotatable bonds is 3. The van der Waals surface area contributed by atoms with Crippen molar-refractivity contribution in [3.8, 4) is 0 Å². The van der Waals surface area contributed by atoms with E-state index < -0.39 is 5.97 Å². The molecule has 0 radical (unpaired) electrons. The van der Waals surface area contributed by atoms with Crippen molar-refractivity contribution < 1.29 is 14.6 Å². The summed E-state index contributed by atoms with van der Waals surface area (Å²) < 4.78 is 5.46. The summed E-state index contributed by atoms with van der Waals surface area (Å²) in [5.74, 6) is -0.740. The molecule has 0 spiro atoms. The summed E-state index contributed by atoms with van der Waals surface area (Å²) in [6.07, 6.45) is 2.39. The standard InChI is InChI=1S/C9H16O3/c1-9(2,6-8(10)11)7-4-3-5-12-7/h7H,3-6H2,1-2H3,(H,10,11). The van der Waals surface area contributed by atoms with Crippen molar-refractivity contribution >= 4 is 5.97 Å². The third kappa shape index (κ3) is 2.21. The van der Waals surface area contributed by atoms with Crippen molar-refractivity contribution in [2.45, 2.75) is 39.2 Å². The average molecular weight is 172 g/mol. The van der Waals surface area contributed by atoms with E-state index >= 15 is 0 Å². The molecule has 1 heterocycles. The second-order valence-corrected chi connectivity index (χ2v) is 4.06. The molecule has 0 bridgehead atoms. The number of carboxylic acid groups (broad SMARTS) is 1. The summed E-state index contributed by atoms with van der Waals surface area (Å²) in [6.45, 7) is 4.70. The Balaban J connectivity index is 2.50. The van der Waals surface area contributed by atoms with Crippen LogP contribution in [0.15, 0.2) is 0 Å². The van der Waals surface area contributed by atoms with Crippen LogP contribution in [0.4, 0.5) is 0 Å². The van der Waals surface area contributed by atoms with E-state index in [1.54, 1.807) is 0 Å². The van der Waals surface area contributed by atoms with Gasteiger partial charge < -0.3 is 9.84 Å². The maximum atomic E-state index is 10.5. The molecule has 1 N–H and O–H groups in total. The van der Waals surface area contributed by atoms with Gasteiger partial charge in [0.15, 0.2) is 0 Å². The minimum absolute atomic E-state index is 0.133. The summed E-state index contributed by atoms with van der Waals surface area (Å²) in [6, 6.07) is 0. The average Bonchev–Trinajstić information content (AvgIpc) is 2.32. The van der Waals surface area contributed by atoms with Crippen LogP contribution in [0.3, 0.4) is 0 Å². The lowest BCUT2D eigenvalue weighted by Gasteiger charge is -2.28. The largest absolute Gasteiger partial charge is 0.481 e. The van der Waals surface area contributed by atoms with Crippen LogP contribution in [0.5, 0.6) is 0 Å². The summed E-state index contributed by atoms with van der Waals surface area (Å²) in [7, 11) is 0. The van der Waals surface area contributed by atoms with Gasteiger partial charge in [-0.05, 0) is 12.8 Å². The van der Waals surface area contributed by atoms with Crippen LogP contribution in [0.2, 0.25) is 0 Å². The van der Waals surface area contributed by atoms with E-state index in [4.69, 9.17) is 9.84 Å². The Labute approximate surface area is 72.7 Å². The molecule has 12 heavy (non-hydrogen) atoms. The van der Waals surface area contributed by atoms with Crippen LogP contribution in [-0.2, 0) is 9.53 Å². The van der Waals surface area contributed by atoms with Crippen LogP contribution < -0.4 is 0 Å². The molecule has 0 saturated carbocycles. The number of aliphatic carboxylic acids is 1. The first-order chi connectivity index (χ1) is 5.52. The Morgan fingerprint density at radius 3 is 2.75 bits per heavy atom. The molecule has 1 unspecified atom stereocenters. The molecule has 0 aromatic rings. The first-order valence-electron chi connectivity index (χ1n) is 4.36. The molecule has 1 rings (SSSR count). The third-order valence-corrected chi connectivity index (χ3v) is 2.41. The maximum absolute atomic E-state index is 10.5. The lowest BCUT2D eigenvalue weighted by atomic mass is 9.82. The summed E-state index contributed by atoms with van der Waals surface area (Å²) in [5.41, 5.74) is -0.220.